The van der Waals surface area contributed by atoms with Crippen LogP contribution in [-0.4, -0.2) is 21.2 Å². The highest BCUT2D eigenvalue weighted by atomic mass is 19.1. The Morgan fingerprint density at radius 2 is 2.14 bits per heavy atom. The van der Waals surface area contributed by atoms with Crippen molar-refractivity contribution < 1.29 is 4.39 Å². The number of nitrogens with zero attached hydrogens (tertiary/aromatic N) is 3. The van der Waals surface area contributed by atoms with Crippen molar-refractivity contribution in [2.24, 2.45) is 7.05 Å². The zero-order chi connectivity index (χ0) is 15.5. The average molecular weight is 301 g/mol. The van der Waals surface area contributed by atoms with E-state index in [-0.39, 0.29) is 5.82 Å². The molecule has 2 heterocycles. The molecular weight excluding hydrogens is 277 g/mol. The zero-order valence-electron chi connectivity index (χ0n) is 13.4. The lowest BCUT2D eigenvalue weighted by atomic mass is 10.00. The molecule has 118 valence electrons. The van der Waals surface area contributed by atoms with E-state index in [1.807, 2.05) is 17.8 Å². The summed E-state index contributed by atoms with van der Waals surface area (Å²) in [5.41, 5.74) is 3.46. The Kier molecular flexibility index (Phi) is 4.57. The molecule has 1 aliphatic heterocycles. The zero-order valence-corrected chi connectivity index (χ0v) is 13.4. The van der Waals surface area contributed by atoms with Gasteiger partial charge in [-0.3, -0.25) is 9.58 Å². The highest BCUT2D eigenvalue weighted by molar-refractivity contribution is 5.22. The van der Waals surface area contributed by atoms with Gasteiger partial charge in [-0.05, 0) is 44.0 Å². The first kappa shape index (κ1) is 15.2. The molecule has 3 nitrogen and oxygen atoms in total. The number of hydrogen-bond donors (Lipinski definition) is 0. The first-order valence-corrected chi connectivity index (χ1v) is 8.12. The van der Waals surface area contributed by atoms with Crippen molar-refractivity contribution in [3.05, 3.63) is 53.1 Å². The van der Waals surface area contributed by atoms with Gasteiger partial charge in [-0.1, -0.05) is 25.0 Å². The number of benzene rings is 1. The Morgan fingerprint density at radius 3 is 2.86 bits per heavy atom. The smallest absolute Gasteiger partial charge is 0.123 e. The van der Waals surface area contributed by atoms with Crippen LogP contribution in [0, 0.1) is 12.7 Å². The fraction of sp³-hybridized carbons (Fsp3) is 0.500. The van der Waals surface area contributed by atoms with E-state index >= 15 is 0 Å². The van der Waals surface area contributed by atoms with Crippen LogP contribution in [0.1, 0.15) is 48.5 Å². The van der Waals surface area contributed by atoms with E-state index in [0.29, 0.717) is 6.04 Å². The van der Waals surface area contributed by atoms with Crippen molar-refractivity contribution in [2.45, 2.75) is 45.2 Å². The Morgan fingerprint density at radius 1 is 1.27 bits per heavy atom. The van der Waals surface area contributed by atoms with Crippen LogP contribution in [-0.2, 0) is 13.6 Å². The van der Waals surface area contributed by atoms with Crippen LogP contribution in [0.3, 0.4) is 0 Å². The van der Waals surface area contributed by atoms with Gasteiger partial charge in [0.05, 0.1) is 5.69 Å². The van der Waals surface area contributed by atoms with Crippen molar-refractivity contribution in [1.82, 2.24) is 14.7 Å². The number of halogens is 1. The van der Waals surface area contributed by atoms with Crippen LogP contribution in [0.15, 0.2) is 30.5 Å². The van der Waals surface area contributed by atoms with E-state index < -0.39 is 0 Å². The molecule has 1 aliphatic rings. The van der Waals surface area contributed by atoms with Gasteiger partial charge in [0, 0.05) is 31.4 Å². The Balaban J connectivity index is 1.86. The molecule has 1 aromatic carbocycles. The van der Waals surface area contributed by atoms with Gasteiger partial charge >= 0.3 is 0 Å². The molecular formula is C18H24FN3. The second kappa shape index (κ2) is 6.61. The lowest BCUT2D eigenvalue weighted by Crippen LogP contribution is -2.28. The van der Waals surface area contributed by atoms with Crippen LogP contribution in [0.2, 0.25) is 0 Å². The fourth-order valence-corrected chi connectivity index (χ4v) is 3.47. The molecule has 2 aromatic rings. The molecule has 22 heavy (non-hydrogen) atoms. The third-order valence-electron chi connectivity index (χ3n) is 4.59. The van der Waals surface area contributed by atoms with Crippen LogP contribution < -0.4 is 0 Å². The second-order valence-electron chi connectivity index (χ2n) is 6.30. The summed E-state index contributed by atoms with van der Waals surface area (Å²) >= 11 is 0. The number of aromatic nitrogens is 2. The molecule has 0 aliphatic carbocycles. The Bertz CT molecular complexity index is 635. The molecule has 4 heteroatoms. The largest absolute Gasteiger partial charge is 0.292 e. The first-order valence-electron chi connectivity index (χ1n) is 8.12. The maximum Gasteiger partial charge on any atom is 0.123 e. The summed E-state index contributed by atoms with van der Waals surface area (Å²) in [6, 6.07) is 7.40. The monoisotopic (exact) mass is 301 g/mol. The van der Waals surface area contributed by atoms with Crippen molar-refractivity contribution >= 4 is 0 Å². The third kappa shape index (κ3) is 3.38. The van der Waals surface area contributed by atoms with Crippen molar-refractivity contribution in [3.8, 4) is 0 Å². The predicted octanol–water partition coefficient (Wildman–Crippen LogP) is 3.98. The summed E-state index contributed by atoms with van der Waals surface area (Å²) in [5, 5.41) is 4.44. The van der Waals surface area contributed by atoms with E-state index in [0.717, 1.165) is 30.8 Å². The summed E-state index contributed by atoms with van der Waals surface area (Å²) in [4.78, 5) is 2.49. The predicted molar refractivity (Wildman–Crippen MR) is 86.0 cm³/mol. The van der Waals surface area contributed by atoms with Crippen molar-refractivity contribution in [1.29, 1.82) is 0 Å². The van der Waals surface area contributed by atoms with Crippen molar-refractivity contribution in [2.75, 3.05) is 6.54 Å². The highest BCUT2D eigenvalue weighted by Crippen LogP contribution is 2.32. The van der Waals surface area contributed by atoms with E-state index in [1.165, 1.54) is 30.9 Å². The van der Waals surface area contributed by atoms with E-state index in [2.05, 4.69) is 29.2 Å². The lowest BCUT2D eigenvalue weighted by Gasteiger charge is -2.30. The van der Waals surface area contributed by atoms with Gasteiger partial charge in [0.15, 0.2) is 0 Å². The number of likely N-dealkylation sites (tertiary alicyclic amines) is 1. The summed E-state index contributed by atoms with van der Waals surface area (Å²) in [7, 11) is 1.96. The minimum atomic E-state index is -0.140. The third-order valence-corrected chi connectivity index (χ3v) is 4.59. The van der Waals surface area contributed by atoms with Gasteiger partial charge in [0.2, 0.25) is 0 Å². The summed E-state index contributed by atoms with van der Waals surface area (Å²) in [6.07, 6.45) is 6.88. The van der Waals surface area contributed by atoms with Gasteiger partial charge in [-0.2, -0.15) is 5.10 Å². The summed E-state index contributed by atoms with van der Waals surface area (Å²) in [6.45, 7) is 4.01. The van der Waals surface area contributed by atoms with Gasteiger partial charge < -0.3 is 0 Å². The number of aryl methyl sites for hydroxylation is 2. The molecule has 0 spiro atoms. The molecule has 0 bridgehead atoms. The maximum absolute atomic E-state index is 13.6. The summed E-state index contributed by atoms with van der Waals surface area (Å²) in [5.74, 6) is -0.140. The minimum absolute atomic E-state index is 0.140. The standard InChI is InChI=1S/C18H24FN3/c1-14-16(12-21(2)20-14)13-22-10-5-3-4-9-18(22)15-7-6-8-17(19)11-15/h6-8,11-12,18H,3-5,9-10,13H2,1-2H3/t18-/m0/s1. The van der Waals surface area contributed by atoms with E-state index in [9.17, 15) is 4.39 Å². The van der Waals surface area contributed by atoms with E-state index in [1.54, 1.807) is 6.07 Å². The van der Waals surface area contributed by atoms with Crippen LogP contribution >= 0.6 is 0 Å². The molecule has 3 rings (SSSR count). The van der Waals surface area contributed by atoms with Gasteiger partial charge in [0.25, 0.3) is 0 Å². The van der Waals surface area contributed by atoms with Gasteiger partial charge in [0.1, 0.15) is 5.82 Å². The normalized spacial score (nSPS) is 20.0. The van der Waals surface area contributed by atoms with Gasteiger partial charge in [-0.25, -0.2) is 4.39 Å². The molecule has 0 N–H and O–H groups in total. The number of rotatable bonds is 3. The minimum Gasteiger partial charge on any atom is -0.292 e. The van der Waals surface area contributed by atoms with Gasteiger partial charge in [-0.15, -0.1) is 0 Å². The number of hydrogen-bond acceptors (Lipinski definition) is 2. The van der Waals surface area contributed by atoms with Crippen LogP contribution in [0.5, 0.6) is 0 Å². The molecule has 0 radical (unpaired) electrons. The van der Waals surface area contributed by atoms with Crippen LogP contribution in [0.4, 0.5) is 4.39 Å². The average Bonchev–Trinajstić information content (AvgIpc) is 2.68. The SMILES string of the molecule is Cc1nn(C)cc1CN1CCCCC[C@H]1c1cccc(F)c1. The topological polar surface area (TPSA) is 21.1 Å². The first-order chi connectivity index (χ1) is 10.6. The molecule has 0 saturated carbocycles. The Hall–Kier alpha value is -1.68. The summed E-state index contributed by atoms with van der Waals surface area (Å²) < 4.78 is 15.5. The molecule has 1 saturated heterocycles. The van der Waals surface area contributed by atoms with E-state index in [4.69, 9.17) is 0 Å². The molecule has 1 atom stereocenters. The fourth-order valence-electron chi connectivity index (χ4n) is 3.47. The molecule has 0 amide bonds. The highest BCUT2D eigenvalue weighted by Gasteiger charge is 2.24. The quantitative estimate of drug-likeness (QED) is 0.855. The molecule has 0 unspecified atom stereocenters. The second-order valence-corrected chi connectivity index (χ2v) is 6.30. The molecule has 1 aromatic heterocycles. The van der Waals surface area contributed by atoms with Crippen molar-refractivity contribution in [3.63, 3.8) is 0 Å². The maximum atomic E-state index is 13.6. The van der Waals surface area contributed by atoms with Crippen LogP contribution in [0.25, 0.3) is 0 Å². The molecule has 1 fully saturated rings. The Labute approximate surface area is 131 Å². The lowest BCUT2D eigenvalue weighted by molar-refractivity contribution is 0.191.